The van der Waals surface area contributed by atoms with Crippen molar-refractivity contribution in [1.82, 2.24) is 0 Å². The van der Waals surface area contributed by atoms with E-state index in [0.717, 1.165) is 6.08 Å². The number of benzene rings is 1. The number of carbonyl (C=O) groups excluding carboxylic acids is 1. The Labute approximate surface area is 132 Å². The molecule has 10 heteroatoms. The lowest BCUT2D eigenvalue weighted by molar-refractivity contribution is -0.189. The second kappa shape index (κ2) is 6.33. The van der Waals surface area contributed by atoms with Crippen LogP contribution in [0, 0.1) is 0 Å². The number of nitrogens with two attached hydrogens (primary N) is 1. The molecule has 1 aromatic carbocycles. The van der Waals surface area contributed by atoms with Crippen LogP contribution >= 0.6 is 23.2 Å². The normalized spacial score (nSPS) is 17.4. The Morgan fingerprint density at radius 1 is 1.36 bits per heavy atom. The molecule has 0 aliphatic carbocycles. The summed E-state index contributed by atoms with van der Waals surface area (Å²) in [6, 6.07) is 2.54. The standard InChI is InChI=1S/C12H8Cl2F3NO4/c13-6-1-5-2-7(11(19)20-4-21-18)10(12(15,16)17)22-9(5)8(14)3-6/h1-3,10H,4,18H2. The van der Waals surface area contributed by atoms with Gasteiger partial charge in [-0.15, -0.1) is 0 Å². The van der Waals surface area contributed by atoms with Gasteiger partial charge in [0.15, 0.2) is 0 Å². The first-order chi connectivity index (χ1) is 10.2. The fourth-order valence-corrected chi connectivity index (χ4v) is 2.37. The highest BCUT2D eigenvalue weighted by Gasteiger charge is 2.49. The van der Waals surface area contributed by atoms with E-state index in [0.29, 0.717) is 0 Å². The van der Waals surface area contributed by atoms with Gasteiger partial charge in [-0.05, 0) is 18.2 Å². The van der Waals surface area contributed by atoms with E-state index in [2.05, 4.69) is 15.5 Å². The molecule has 120 valence electrons. The average molecular weight is 358 g/mol. The highest BCUT2D eigenvalue weighted by atomic mass is 35.5. The Morgan fingerprint density at radius 3 is 2.64 bits per heavy atom. The molecular formula is C12H8Cl2F3NO4. The van der Waals surface area contributed by atoms with Gasteiger partial charge in [-0.3, -0.25) is 4.84 Å². The molecule has 1 atom stereocenters. The molecule has 0 saturated carbocycles. The predicted octanol–water partition coefficient (Wildman–Crippen LogP) is 3.09. The van der Waals surface area contributed by atoms with Gasteiger partial charge in [-0.1, -0.05) is 23.2 Å². The van der Waals surface area contributed by atoms with Crippen LogP contribution < -0.4 is 10.6 Å². The zero-order valence-corrected chi connectivity index (χ0v) is 12.1. The van der Waals surface area contributed by atoms with Crippen LogP contribution in [0.15, 0.2) is 17.7 Å². The average Bonchev–Trinajstić information content (AvgIpc) is 2.42. The lowest BCUT2D eigenvalue weighted by atomic mass is 10.0. The van der Waals surface area contributed by atoms with Crippen molar-refractivity contribution in [3.05, 3.63) is 33.3 Å². The van der Waals surface area contributed by atoms with Crippen LogP contribution in [0.5, 0.6) is 5.75 Å². The Kier molecular flexibility index (Phi) is 4.86. The lowest BCUT2D eigenvalue weighted by Crippen LogP contribution is -2.41. The van der Waals surface area contributed by atoms with Crippen molar-refractivity contribution in [2.24, 2.45) is 5.90 Å². The second-order valence-electron chi connectivity index (χ2n) is 4.16. The molecule has 2 N–H and O–H groups in total. The van der Waals surface area contributed by atoms with Gasteiger partial charge < -0.3 is 9.47 Å². The maximum absolute atomic E-state index is 13.1. The third kappa shape index (κ3) is 3.46. The van der Waals surface area contributed by atoms with E-state index in [1.165, 1.54) is 12.1 Å². The highest BCUT2D eigenvalue weighted by Crippen LogP contribution is 2.42. The van der Waals surface area contributed by atoms with Gasteiger partial charge >= 0.3 is 12.1 Å². The van der Waals surface area contributed by atoms with Crippen molar-refractivity contribution >= 4 is 35.2 Å². The number of hydrogen-bond acceptors (Lipinski definition) is 5. The summed E-state index contributed by atoms with van der Waals surface area (Å²) in [5.74, 6) is 3.15. The van der Waals surface area contributed by atoms with Gasteiger partial charge in [-0.25, -0.2) is 10.7 Å². The SMILES string of the molecule is NOCOC(=O)C1=Cc2cc(Cl)cc(Cl)c2OC1C(F)(F)F. The molecule has 0 radical (unpaired) electrons. The minimum absolute atomic E-state index is 0.106. The molecule has 5 nitrogen and oxygen atoms in total. The predicted molar refractivity (Wildman–Crippen MR) is 71.1 cm³/mol. The molecule has 1 aromatic rings. The van der Waals surface area contributed by atoms with E-state index in [9.17, 15) is 18.0 Å². The van der Waals surface area contributed by atoms with Crippen LogP contribution in [-0.4, -0.2) is 25.0 Å². The fourth-order valence-electron chi connectivity index (χ4n) is 1.82. The maximum atomic E-state index is 13.1. The number of hydrogen-bond donors (Lipinski definition) is 1. The highest BCUT2D eigenvalue weighted by molar-refractivity contribution is 6.36. The number of alkyl halides is 3. The lowest BCUT2D eigenvalue weighted by Gasteiger charge is -2.28. The van der Waals surface area contributed by atoms with Crippen LogP contribution in [0.4, 0.5) is 13.2 Å². The van der Waals surface area contributed by atoms with Gasteiger partial charge in [0, 0.05) is 10.6 Å². The third-order valence-corrected chi connectivity index (χ3v) is 3.16. The summed E-state index contributed by atoms with van der Waals surface area (Å²) in [6.07, 6.45) is -6.42. The molecule has 0 aromatic heterocycles. The summed E-state index contributed by atoms with van der Waals surface area (Å²) in [6.45, 7) is -0.704. The van der Waals surface area contributed by atoms with E-state index in [1.54, 1.807) is 0 Å². The fraction of sp³-hybridized carbons (Fsp3) is 0.250. The molecule has 2 rings (SSSR count). The van der Waals surface area contributed by atoms with Crippen LogP contribution in [0.3, 0.4) is 0 Å². The Morgan fingerprint density at radius 2 is 2.05 bits per heavy atom. The zero-order valence-electron chi connectivity index (χ0n) is 10.6. The Balaban J connectivity index is 2.49. The topological polar surface area (TPSA) is 70.8 Å². The number of carbonyl (C=O) groups is 1. The molecule has 1 heterocycles. The van der Waals surface area contributed by atoms with E-state index in [-0.39, 0.29) is 21.4 Å². The molecule has 0 bridgehead atoms. The summed E-state index contributed by atoms with van der Waals surface area (Å²) >= 11 is 11.6. The number of halogens is 5. The largest absolute Gasteiger partial charge is 0.474 e. The van der Waals surface area contributed by atoms with Crippen molar-refractivity contribution in [2.75, 3.05) is 6.79 Å². The van der Waals surface area contributed by atoms with Gasteiger partial charge in [0.1, 0.15) is 5.75 Å². The molecule has 0 amide bonds. The molecule has 1 aliphatic rings. The molecule has 0 fully saturated rings. The van der Waals surface area contributed by atoms with Crippen LogP contribution in [0.25, 0.3) is 6.08 Å². The second-order valence-corrected chi connectivity index (χ2v) is 5.01. The van der Waals surface area contributed by atoms with E-state index >= 15 is 0 Å². The van der Waals surface area contributed by atoms with E-state index in [1.807, 2.05) is 0 Å². The third-order valence-electron chi connectivity index (χ3n) is 2.66. The van der Waals surface area contributed by atoms with Crippen molar-refractivity contribution in [1.29, 1.82) is 0 Å². The van der Waals surface area contributed by atoms with Gasteiger partial charge in [0.05, 0.1) is 10.6 Å². The van der Waals surface area contributed by atoms with Gasteiger partial charge in [0.25, 0.3) is 0 Å². The molecule has 1 unspecified atom stereocenters. The summed E-state index contributed by atoms with van der Waals surface area (Å²) in [5.41, 5.74) is -0.644. The molecule has 1 aliphatic heterocycles. The van der Waals surface area contributed by atoms with Gasteiger partial charge in [-0.2, -0.15) is 13.2 Å². The summed E-state index contributed by atoms with van der Waals surface area (Å²) in [4.78, 5) is 15.7. The first-order valence-corrected chi connectivity index (χ1v) is 6.42. The monoisotopic (exact) mass is 357 g/mol. The van der Waals surface area contributed by atoms with Crippen LogP contribution in [-0.2, 0) is 14.4 Å². The number of rotatable bonds is 3. The van der Waals surface area contributed by atoms with E-state index < -0.39 is 30.6 Å². The summed E-state index contributed by atoms with van der Waals surface area (Å²) in [5, 5.41) is 0.0674. The summed E-state index contributed by atoms with van der Waals surface area (Å²) in [7, 11) is 0. The first kappa shape index (κ1) is 16.9. The molecular weight excluding hydrogens is 350 g/mol. The first-order valence-electron chi connectivity index (χ1n) is 5.67. The van der Waals surface area contributed by atoms with Crippen molar-refractivity contribution in [3.63, 3.8) is 0 Å². The number of fused-ring (bicyclic) bond motifs is 1. The van der Waals surface area contributed by atoms with Crippen molar-refractivity contribution in [3.8, 4) is 5.75 Å². The molecule has 0 spiro atoms. The smallest absolute Gasteiger partial charge is 0.430 e. The molecule has 22 heavy (non-hydrogen) atoms. The van der Waals surface area contributed by atoms with Crippen LogP contribution in [0.1, 0.15) is 5.56 Å². The van der Waals surface area contributed by atoms with Crippen molar-refractivity contribution in [2.45, 2.75) is 12.3 Å². The van der Waals surface area contributed by atoms with E-state index in [4.69, 9.17) is 27.9 Å². The Hall–Kier alpha value is -1.48. The summed E-state index contributed by atoms with van der Waals surface area (Å²) < 4.78 is 48.5. The van der Waals surface area contributed by atoms with Crippen molar-refractivity contribution < 1.29 is 32.3 Å². The zero-order chi connectivity index (χ0) is 16.5. The maximum Gasteiger partial charge on any atom is 0.430 e. The minimum atomic E-state index is -4.85. The van der Waals surface area contributed by atoms with Crippen LogP contribution in [0.2, 0.25) is 10.0 Å². The number of esters is 1. The quantitative estimate of drug-likeness (QED) is 0.511. The molecule has 0 saturated heterocycles. The Bertz CT molecular complexity index is 634. The minimum Gasteiger partial charge on any atom is -0.474 e. The number of ether oxygens (including phenoxy) is 2. The van der Waals surface area contributed by atoms with Gasteiger partial charge in [0.2, 0.25) is 12.9 Å².